The van der Waals surface area contributed by atoms with E-state index in [2.05, 4.69) is 72.6 Å². The van der Waals surface area contributed by atoms with Crippen molar-refractivity contribution >= 4 is 28.6 Å². The van der Waals surface area contributed by atoms with Crippen LogP contribution >= 0.6 is 0 Å². The molecule has 9 heteroatoms. The number of hydrogen-bond acceptors (Lipinski definition) is 5. The van der Waals surface area contributed by atoms with Crippen LogP contribution in [0.15, 0.2) is 12.2 Å². The van der Waals surface area contributed by atoms with Gasteiger partial charge in [-0.25, -0.2) is 9.59 Å². The number of nitrogens with zero attached hydrogens (tertiary/aromatic N) is 1. The Hall–Kier alpha value is -1.33. The molecular weight excluding hydrogens is 513 g/mol. The van der Waals surface area contributed by atoms with E-state index in [0.717, 1.165) is 18.9 Å². The van der Waals surface area contributed by atoms with Crippen molar-refractivity contribution < 1.29 is 23.5 Å². The van der Waals surface area contributed by atoms with Gasteiger partial charge in [0, 0.05) is 39.7 Å². The Kier molecular flexibility index (Phi) is 13.1. The molecule has 1 aliphatic heterocycles. The quantitative estimate of drug-likeness (QED) is 0.139. The van der Waals surface area contributed by atoms with Crippen LogP contribution in [0.25, 0.3) is 0 Å². The minimum atomic E-state index is -1.95. The molecule has 0 aliphatic carbocycles. The van der Waals surface area contributed by atoms with Crippen LogP contribution in [-0.2, 0) is 13.9 Å². The van der Waals surface area contributed by atoms with Gasteiger partial charge in [0.15, 0.2) is 8.32 Å². The lowest BCUT2D eigenvalue weighted by Gasteiger charge is -2.43. The average molecular weight is 571 g/mol. The van der Waals surface area contributed by atoms with Crippen molar-refractivity contribution in [2.24, 2.45) is 5.41 Å². The fourth-order valence-electron chi connectivity index (χ4n) is 5.68. The summed E-state index contributed by atoms with van der Waals surface area (Å²) in [5, 5.41) is 2.99. The Labute approximate surface area is 235 Å². The Balaban J connectivity index is 2.96. The van der Waals surface area contributed by atoms with Crippen LogP contribution in [0.3, 0.4) is 0 Å². The van der Waals surface area contributed by atoms with Gasteiger partial charge in [0.25, 0.3) is 0 Å². The molecule has 38 heavy (non-hydrogen) atoms. The summed E-state index contributed by atoms with van der Waals surface area (Å²) in [7, 11) is -3.24. The number of hydrogen-bond donors (Lipinski definition) is 1. The average Bonchev–Trinajstić information content (AvgIpc) is 2.75. The summed E-state index contributed by atoms with van der Waals surface area (Å²) in [4.78, 5) is 27.2. The largest absolute Gasteiger partial charge is 0.450 e. The Morgan fingerprint density at radius 3 is 2.08 bits per heavy atom. The Morgan fingerprint density at radius 2 is 1.58 bits per heavy atom. The summed E-state index contributed by atoms with van der Waals surface area (Å²) in [5.41, 5.74) is 0.614. The highest BCUT2D eigenvalue weighted by molar-refractivity contribution is 6.77. The van der Waals surface area contributed by atoms with Crippen LogP contribution in [0, 0.1) is 5.41 Å². The van der Waals surface area contributed by atoms with Crippen molar-refractivity contribution in [3.8, 4) is 0 Å². The van der Waals surface area contributed by atoms with Gasteiger partial charge in [-0.15, -0.1) is 0 Å². The molecule has 0 bridgehead atoms. The standard InChI is InChI=1S/C29H58N2O5Si2/c1-23(2)38(24(3)4,25(5)6)35-18-14-16-29(21-30-26(32)34-19-20-37(10,11)12)15-13-17-31(22-29)27(33)36-28(7,8)9/h13,15,23-25H,14,16-22H2,1-12H3,(H,30,32)/t29-/m0/s1. The summed E-state index contributed by atoms with van der Waals surface area (Å²) < 4.78 is 17.9. The molecule has 1 aliphatic rings. The van der Waals surface area contributed by atoms with Crippen molar-refractivity contribution in [3.05, 3.63) is 12.2 Å². The number of nitrogens with one attached hydrogen (secondary N) is 1. The molecule has 7 nitrogen and oxygen atoms in total. The lowest BCUT2D eigenvalue weighted by atomic mass is 9.80. The maximum atomic E-state index is 12.9. The van der Waals surface area contributed by atoms with E-state index in [9.17, 15) is 9.59 Å². The second-order valence-electron chi connectivity index (χ2n) is 14.2. The van der Waals surface area contributed by atoms with Gasteiger partial charge in [-0.2, -0.15) is 0 Å². The first kappa shape index (κ1) is 34.7. The zero-order chi connectivity index (χ0) is 29.4. The van der Waals surface area contributed by atoms with Crippen molar-refractivity contribution in [2.45, 2.75) is 123 Å². The zero-order valence-electron chi connectivity index (χ0n) is 26.5. The van der Waals surface area contributed by atoms with E-state index < -0.39 is 33.5 Å². The fourth-order valence-corrected chi connectivity index (χ4v) is 11.9. The predicted octanol–water partition coefficient (Wildman–Crippen LogP) is 7.82. The molecule has 222 valence electrons. The fraction of sp³-hybridized carbons (Fsp3) is 0.862. The molecule has 1 heterocycles. The van der Waals surface area contributed by atoms with Gasteiger partial charge in [0.05, 0.1) is 6.61 Å². The summed E-state index contributed by atoms with van der Waals surface area (Å²) in [6.45, 7) is 28.7. The van der Waals surface area contributed by atoms with Crippen molar-refractivity contribution in [3.63, 3.8) is 0 Å². The zero-order valence-corrected chi connectivity index (χ0v) is 28.5. The van der Waals surface area contributed by atoms with Gasteiger partial charge in [-0.05, 0) is 56.3 Å². The highest BCUT2D eigenvalue weighted by atomic mass is 28.4. The van der Waals surface area contributed by atoms with Crippen LogP contribution in [0.5, 0.6) is 0 Å². The van der Waals surface area contributed by atoms with Crippen LogP contribution in [0.4, 0.5) is 9.59 Å². The molecule has 1 N–H and O–H groups in total. The highest BCUT2D eigenvalue weighted by Crippen LogP contribution is 2.42. The van der Waals surface area contributed by atoms with Gasteiger partial charge in [-0.3, -0.25) is 0 Å². The SMILES string of the molecule is CC(C)[Si](OCCC[C@]1(CNC(=O)OCC[Si](C)(C)C)C=CCN(C(=O)OC(C)(C)C)C1)(C(C)C)C(C)C. The van der Waals surface area contributed by atoms with Crippen LogP contribution < -0.4 is 5.32 Å². The monoisotopic (exact) mass is 570 g/mol. The molecule has 0 aromatic heterocycles. The topological polar surface area (TPSA) is 77.1 Å². The van der Waals surface area contributed by atoms with Crippen LogP contribution in [0.1, 0.15) is 75.2 Å². The number of rotatable bonds is 13. The highest BCUT2D eigenvalue weighted by Gasteiger charge is 2.45. The third kappa shape index (κ3) is 11.0. The maximum Gasteiger partial charge on any atom is 0.410 e. The van der Waals surface area contributed by atoms with Gasteiger partial charge >= 0.3 is 12.2 Å². The summed E-state index contributed by atoms with van der Waals surface area (Å²) in [5.74, 6) is 0. The summed E-state index contributed by atoms with van der Waals surface area (Å²) in [6, 6.07) is 0.933. The van der Waals surface area contributed by atoms with Gasteiger partial charge < -0.3 is 24.1 Å². The Morgan fingerprint density at radius 1 is 1.00 bits per heavy atom. The minimum Gasteiger partial charge on any atom is -0.450 e. The van der Waals surface area contributed by atoms with E-state index in [-0.39, 0.29) is 6.09 Å². The molecule has 1 rings (SSSR count). The summed E-state index contributed by atoms with van der Waals surface area (Å²) >= 11 is 0. The number of carbonyl (C=O) groups is 2. The van der Waals surface area contributed by atoms with Crippen LogP contribution in [0.2, 0.25) is 42.3 Å². The molecule has 0 aromatic rings. The van der Waals surface area contributed by atoms with E-state index in [4.69, 9.17) is 13.9 Å². The molecule has 1 atom stereocenters. The third-order valence-electron chi connectivity index (χ3n) is 7.50. The van der Waals surface area contributed by atoms with E-state index >= 15 is 0 Å². The molecule has 0 spiro atoms. The first-order valence-electron chi connectivity index (χ1n) is 14.5. The van der Waals surface area contributed by atoms with E-state index in [1.807, 2.05) is 26.8 Å². The molecule has 0 saturated heterocycles. The first-order chi connectivity index (χ1) is 17.3. The van der Waals surface area contributed by atoms with Gasteiger partial charge in [0.1, 0.15) is 5.60 Å². The molecule has 0 radical (unpaired) electrons. The summed E-state index contributed by atoms with van der Waals surface area (Å²) in [6.07, 6.45) is 5.09. The number of ether oxygens (including phenoxy) is 2. The van der Waals surface area contributed by atoms with E-state index in [1.165, 1.54) is 0 Å². The molecule has 0 aromatic carbocycles. The molecule has 0 unspecified atom stereocenters. The minimum absolute atomic E-state index is 0.328. The van der Waals surface area contributed by atoms with Gasteiger partial charge in [-0.1, -0.05) is 73.3 Å². The van der Waals surface area contributed by atoms with E-state index in [1.54, 1.807) is 4.90 Å². The lowest BCUT2D eigenvalue weighted by molar-refractivity contribution is 0.0185. The second-order valence-corrected chi connectivity index (χ2v) is 25.3. The van der Waals surface area contributed by atoms with Crippen molar-refractivity contribution in [2.75, 3.05) is 32.8 Å². The molecule has 0 saturated carbocycles. The number of carbonyl (C=O) groups excluding carboxylic acids is 2. The Bertz CT molecular complexity index is 765. The smallest absolute Gasteiger partial charge is 0.410 e. The van der Waals surface area contributed by atoms with Crippen molar-refractivity contribution in [1.82, 2.24) is 10.2 Å². The number of amides is 2. The molecular formula is C29H58N2O5Si2. The number of alkyl carbamates (subject to hydrolysis) is 1. The normalized spacial score (nSPS) is 18.9. The van der Waals surface area contributed by atoms with Gasteiger partial charge in [0.2, 0.25) is 0 Å². The maximum absolute atomic E-state index is 12.9. The molecule has 2 amide bonds. The first-order valence-corrected chi connectivity index (χ1v) is 20.4. The van der Waals surface area contributed by atoms with E-state index in [0.29, 0.717) is 49.5 Å². The molecule has 0 fully saturated rings. The predicted molar refractivity (Wildman–Crippen MR) is 163 cm³/mol. The third-order valence-corrected chi connectivity index (χ3v) is 15.3. The second kappa shape index (κ2) is 14.3. The van der Waals surface area contributed by atoms with Crippen molar-refractivity contribution in [1.29, 1.82) is 0 Å². The lowest BCUT2D eigenvalue weighted by Crippen LogP contribution is -2.50. The van der Waals surface area contributed by atoms with Crippen LogP contribution in [-0.4, -0.2) is 71.9 Å².